The maximum absolute atomic E-state index is 5.90. The fourth-order valence-corrected chi connectivity index (χ4v) is 2.33. The summed E-state index contributed by atoms with van der Waals surface area (Å²) in [5, 5.41) is 0. The molecule has 0 spiro atoms. The Bertz CT molecular complexity index is 193. The average Bonchev–Trinajstić information content (AvgIpc) is 2.68. The van der Waals surface area contributed by atoms with Crippen molar-refractivity contribution >= 4 is 0 Å². The largest absolute Gasteiger partial charge is 0.324 e. The van der Waals surface area contributed by atoms with Gasteiger partial charge in [-0.15, -0.1) is 0 Å². The van der Waals surface area contributed by atoms with Crippen molar-refractivity contribution in [1.82, 2.24) is 4.90 Å². The van der Waals surface area contributed by atoms with Crippen LogP contribution in [-0.2, 0) is 0 Å². The number of rotatable bonds is 8. The van der Waals surface area contributed by atoms with Crippen LogP contribution in [0.25, 0.3) is 0 Å². The minimum absolute atomic E-state index is 0.309. The Kier molecular flexibility index (Phi) is 6.74. The van der Waals surface area contributed by atoms with E-state index in [-0.39, 0.29) is 0 Å². The third-order valence-electron chi connectivity index (χ3n) is 3.35. The molecule has 0 saturated carbocycles. The van der Waals surface area contributed by atoms with Crippen LogP contribution in [0.2, 0.25) is 0 Å². The van der Waals surface area contributed by atoms with E-state index in [0.717, 1.165) is 6.42 Å². The first kappa shape index (κ1) is 13.7. The summed E-state index contributed by atoms with van der Waals surface area (Å²) in [6.45, 7) is 8.27. The van der Waals surface area contributed by atoms with E-state index in [0.29, 0.717) is 12.0 Å². The minimum Gasteiger partial charge on any atom is -0.324 e. The van der Waals surface area contributed by atoms with Crippen molar-refractivity contribution in [3.63, 3.8) is 0 Å². The van der Waals surface area contributed by atoms with Crippen LogP contribution in [0.15, 0.2) is 12.2 Å². The van der Waals surface area contributed by atoms with Gasteiger partial charge < -0.3 is 10.6 Å². The van der Waals surface area contributed by atoms with Gasteiger partial charge >= 0.3 is 0 Å². The predicted octanol–water partition coefficient (Wildman–Crippen LogP) is 2.79. The monoisotopic (exact) mass is 224 g/mol. The van der Waals surface area contributed by atoms with Crippen LogP contribution < -0.4 is 5.73 Å². The lowest BCUT2D eigenvalue weighted by Crippen LogP contribution is -2.31. The molecule has 1 aliphatic carbocycles. The fraction of sp³-hybridized carbons (Fsp3) is 0.857. The van der Waals surface area contributed by atoms with Crippen molar-refractivity contribution < 1.29 is 0 Å². The first-order valence-corrected chi connectivity index (χ1v) is 6.92. The van der Waals surface area contributed by atoms with Gasteiger partial charge in [-0.25, -0.2) is 0 Å². The van der Waals surface area contributed by atoms with Crippen LogP contribution in [0.3, 0.4) is 0 Å². The predicted molar refractivity (Wildman–Crippen MR) is 71.5 cm³/mol. The molecule has 1 aliphatic rings. The van der Waals surface area contributed by atoms with Crippen molar-refractivity contribution in [3.05, 3.63) is 12.2 Å². The molecule has 0 aromatic rings. The van der Waals surface area contributed by atoms with Crippen molar-refractivity contribution in [2.75, 3.05) is 19.6 Å². The van der Waals surface area contributed by atoms with Crippen molar-refractivity contribution in [2.45, 2.75) is 52.0 Å². The molecule has 2 N–H and O–H groups in total. The van der Waals surface area contributed by atoms with Crippen molar-refractivity contribution in [1.29, 1.82) is 0 Å². The fourth-order valence-electron chi connectivity index (χ4n) is 2.33. The maximum Gasteiger partial charge on any atom is 0.0229 e. The number of hydrogen-bond donors (Lipinski definition) is 1. The molecular weight excluding hydrogens is 196 g/mol. The molecule has 0 saturated heterocycles. The number of nitrogens with two attached hydrogens (primary N) is 1. The average molecular weight is 224 g/mol. The molecule has 0 amide bonds. The topological polar surface area (TPSA) is 29.3 Å². The Morgan fingerprint density at radius 1 is 1.12 bits per heavy atom. The zero-order valence-corrected chi connectivity index (χ0v) is 11.0. The van der Waals surface area contributed by atoms with Gasteiger partial charge in [0.15, 0.2) is 0 Å². The normalized spacial score (nSPS) is 24.5. The molecule has 2 heteroatoms. The SMILES string of the molecule is CCCCN(CCCC)CC1C=CC(N)C1. The van der Waals surface area contributed by atoms with Crippen molar-refractivity contribution in [3.8, 4) is 0 Å². The Hall–Kier alpha value is -0.340. The minimum atomic E-state index is 0.309. The highest BCUT2D eigenvalue weighted by Gasteiger charge is 2.18. The van der Waals surface area contributed by atoms with Crippen LogP contribution in [0.4, 0.5) is 0 Å². The first-order valence-electron chi connectivity index (χ1n) is 6.92. The summed E-state index contributed by atoms with van der Waals surface area (Å²) in [5.74, 6) is 0.698. The molecule has 0 fully saturated rings. The van der Waals surface area contributed by atoms with Gasteiger partial charge in [0.25, 0.3) is 0 Å². The van der Waals surface area contributed by atoms with E-state index in [4.69, 9.17) is 5.73 Å². The van der Waals surface area contributed by atoms with E-state index in [1.807, 2.05) is 0 Å². The molecule has 0 heterocycles. The lowest BCUT2D eigenvalue weighted by molar-refractivity contribution is 0.238. The molecule has 16 heavy (non-hydrogen) atoms. The van der Waals surface area contributed by atoms with Gasteiger partial charge in [-0.2, -0.15) is 0 Å². The van der Waals surface area contributed by atoms with Gasteiger partial charge in [-0.05, 0) is 38.3 Å². The summed E-state index contributed by atoms with van der Waals surface area (Å²) in [7, 11) is 0. The molecule has 0 radical (unpaired) electrons. The van der Waals surface area contributed by atoms with E-state index in [2.05, 4.69) is 30.9 Å². The van der Waals surface area contributed by atoms with Crippen molar-refractivity contribution in [2.24, 2.45) is 11.7 Å². The summed E-state index contributed by atoms with van der Waals surface area (Å²) in [6, 6.07) is 0.309. The first-order chi connectivity index (χ1) is 7.76. The van der Waals surface area contributed by atoms with Crippen LogP contribution in [0.1, 0.15) is 46.0 Å². The second kappa shape index (κ2) is 7.86. The molecule has 2 nitrogen and oxygen atoms in total. The van der Waals surface area contributed by atoms with Gasteiger partial charge in [0.05, 0.1) is 0 Å². The van der Waals surface area contributed by atoms with E-state index in [9.17, 15) is 0 Å². The molecule has 94 valence electrons. The van der Waals surface area contributed by atoms with Gasteiger partial charge in [-0.3, -0.25) is 0 Å². The van der Waals surface area contributed by atoms with Crippen LogP contribution >= 0.6 is 0 Å². The van der Waals surface area contributed by atoms with Gasteiger partial charge in [0, 0.05) is 12.6 Å². The van der Waals surface area contributed by atoms with Gasteiger partial charge in [0.2, 0.25) is 0 Å². The smallest absolute Gasteiger partial charge is 0.0229 e. The molecular formula is C14H28N2. The third-order valence-corrected chi connectivity index (χ3v) is 3.35. The van der Waals surface area contributed by atoms with Crippen LogP contribution in [0, 0.1) is 5.92 Å². The molecule has 0 aromatic heterocycles. The Morgan fingerprint density at radius 2 is 1.75 bits per heavy atom. The van der Waals surface area contributed by atoms with Gasteiger partial charge in [0.1, 0.15) is 0 Å². The Morgan fingerprint density at radius 3 is 2.19 bits per heavy atom. The quantitative estimate of drug-likeness (QED) is 0.642. The summed E-state index contributed by atoms with van der Waals surface area (Å²) < 4.78 is 0. The zero-order valence-electron chi connectivity index (χ0n) is 11.0. The van der Waals surface area contributed by atoms with Crippen LogP contribution in [0.5, 0.6) is 0 Å². The Balaban J connectivity index is 2.27. The standard InChI is InChI=1S/C14H28N2/c1-3-5-9-16(10-6-4-2)12-13-7-8-14(15)11-13/h7-8,13-14H,3-6,9-12,15H2,1-2H3. The van der Waals surface area contributed by atoms with E-state index in [1.165, 1.54) is 45.3 Å². The second-order valence-corrected chi connectivity index (χ2v) is 5.05. The van der Waals surface area contributed by atoms with Gasteiger partial charge in [-0.1, -0.05) is 38.8 Å². The number of nitrogens with zero attached hydrogens (tertiary/aromatic N) is 1. The number of hydrogen-bond acceptors (Lipinski definition) is 2. The maximum atomic E-state index is 5.90. The highest BCUT2D eigenvalue weighted by atomic mass is 15.1. The van der Waals surface area contributed by atoms with E-state index < -0.39 is 0 Å². The molecule has 0 bridgehead atoms. The molecule has 0 aliphatic heterocycles. The molecule has 1 rings (SSSR count). The van der Waals surface area contributed by atoms with Crippen LogP contribution in [-0.4, -0.2) is 30.6 Å². The highest BCUT2D eigenvalue weighted by molar-refractivity contribution is 5.05. The molecule has 2 unspecified atom stereocenters. The summed E-state index contributed by atoms with van der Waals surface area (Å²) in [6.07, 6.45) is 10.9. The lowest BCUT2D eigenvalue weighted by Gasteiger charge is -2.25. The Labute approximate surface area is 101 Å². The summed E-state index contributed by atoms with van der Waals surface area (Å²) in [4.78, 5) is 2.63. The highest BCUT2D eigenvalue weighted by Crippen LogP contribution is 2.18. The molecule has 2 atom stereocenters. The third kappa shape index (κ3) is 5.13. The zero-order chi connectivity index (χ0) is 11.8. The lowest BCUT2D eigenvalue weighted by atomic mass is 10.1. The van der Waals surface area contributed by atoms with E-state index >= 15 is 0 Å². The summed E-state index contributed by atoms with van der Waals surface area (Å²) in [5.41, 5.74) is 5.90. The summed E-state index contributed by atoms with van der Waals surface area (Å²) >= 11 is 0. The van der Waals surface area contributed by atoms with E-state index in [1.54, 1.807) is 0 Å². The number of unbranched alkanes of at least 4 members (excludes halogenated alkanes) is 2. The second-order valence-electron chi connectivity index (χ2n) is 5.05. The molecule has 0 aromatic carbocycles.